The Balaban J connectivity index is 2.32. The zero-order chi connectivity index (χ0) is 15.7. The molecule has 1 aromatic heterocycles. The molecular formula is C13H10Br2N2O3S. The molecule has 8 heteroatoms. The van der Waals surface area contributed by atoms with Gasteiger partial charge in [0, 0.05) is 17.3 Å². The van der Waals surface area contributed by atoms with E-state index in [1.807, 2.05) is 0 Å². The highest BCUT2D eigenvalue weighted by atomic mass is 79.9. The van der Waals surface area contributed by atoms with Crippen LogP contribution in [-0.4, -0.2) is 10.8 Å². The summed E-state index contributed by atoms with van der Waals surface area (Å²) in [5, 5.41) is 13.7. The number of aryl methyl sites for hydroxylation is 2. The van der Waals surface area contributed by atoms with Crippen molar-refractivity contribution in [2.75, 3.05) is 5.32 Å². The van der Waals surface area contributed by atoms with E-state index >= 15 is 0 Å². The summed E-state index contributed by atoms with van der Waals surface area (Å²) in [6, 6.07) is 4.79. The quantitative estimate of drug-likeness (QED) is 0.543. The minimum atomic E-state index is -0.430. The summed E-state index contributed by atoms with van der Waals surface area (Å²) in [5.41, 5.74) is 2.28. The molecule has 0 fully saturated rings. The van der Waals surface area contributed by atoms with Crippen LogP contribution >= 0.6 is 43.2 Å². The number of hydrogen-bond acceptors (Lipinski definition) is 4. The lowest BCUT2D eigenvalue weighted by molar-refractivity contribution is -0.385. The fraction of sp³-hybridized carbons (Fsp3) is 0.154. The van der Waals surface area contributed by atoms with E-state index < -0.39 is 4.92 Å². The summed E-state index contributed by atoms with van der Waals surface area (Å²) in [5.74, 6) is -0.264. The van der Waals surface area contributed by atoms with Crippen molar-refractivity contribution in [2.24, 2.45) is 0 Å². The molecule has 0 unspecified atom stereocenters. The molecule has 0 aliphatic heterocycles. The second kappa shape index (κ2) is 6.25. The third-order valence-corrected chi connectivity index (χ3v) is 5.23. The molecule has 5 nitrogen and oxygen atoms in total. The zero-order valence-electron chi connectivity index (χ0n) is 11.1. The molecule has 1 aromatic carbocycles. The normalized spacial score (nSPS) is 10.5. The van der Waals surface area contributed by atoms with Gasteiger partial charge in [-0.2, -0.15) is 0 Å². The van der Waals surface area contributed by atoms with Gasteiger partial charge in [0.05, 0.1) is 18.1 Å². The van der Waals surface area contributed by atoms with Gasteiger partial charge >= 0.3 is 0 Å². The Hall–Kier alpha value is -1.25. The van der Waals surface area contributed by atoms with Crippen LogP contribution in [0.5, 0.6) is 0 Å². The highest BCUT2D eigenvalue weighted by Crippen LogP contribution is 2.33. The van der Waals surface area contributed by atoms with Crippen molar-refractivity contribution >= 4 is 60.5 Å². The van der Waals surface area contributed by atoms with Crippen LogP contribution in [0.3, 0.4) is 0 Å². The SMILES string of the molecule is Cc1cc([N+](=O)[O-])c(C)cc1NC(=O)c1cc(Br)sc1Br. The summed E-state index contributed by atoms with van der Waals surface area (Å²) in [6.45, 7) is 3.37. The molecule has 0 spiro atoms. The Morgan fingerprint density at radius 3 is 2.43 bits per heavy atom. The molecule has 0 aliphatic rings. The maximum Gasteiger partial charge on any atom is 0.272 e. The van der Waals surface area contributed by atoms with Crippen molar-refractivity contribution in [3.05, 3.63) is 52.6 Å². The summed E-state index contributed by atoms with van der Waals surface area (Å²) in [4.78, 5) is 22.7. The van der Waals surface area contributed by atoms with Crippen LogP contribution in [0.1, 0.15) is 21.5 Å². The van der Waals surface area contributed by atoms with Crippen molar-refractivity contribution in [1.82, 2.24) is 0 Å². The fourth-order valence-corrected chi connectivity index (χ4v) is 4.61. The van der Waals surface area contributed by atoms with E-state index in [1.165, 1.54) is 17.4 Å². The average Bonchev–Trinajstić information content (AvgIpc) is 2.72. The Morgan fingerprint density at radius 1 is 1.24 bits per heavy atom. The molecule has 21 heavy (non-hydrogen) atoms. The number of nitrogens with zero attached hydrogens (tertiary/aromatic N) is 1. The van der Waals surface area contributed by atoms with E-state index in [2.05, 4.69) is 37.2 Å². The van der Waals surface area contributed by atoms with E-state index in [-0.39, 0.29) is 11.6 Å². The number of rotatable bonds is 3. The first kappa shape index (κ1) is 16.1. The molecular weight excluding hydrogens is 424 g/mol. The smallest absolute Gasteiger partial charge is 0.272 e. The fourth-order valence-electron chi connectivity index (χ4n) is 1.82. The van der Waals surface area contributed by atoms with E-state index in [1.54, 1.807) is 26.0 Å². The average molecular weight is 434 g/mol. The van der Waals surface area contributed by atoms with Gasteiger partial charge in [0.15, 0.2) is 0 Å². The molecule has 0 saturated heterocycles. The van der Waals surface area contributed by atoms with Gasteiger partial charge in [-0.05, 0) is 63.4 Å². The Labute approximate surface area is 141 Å². The summed E-state index contributed by atoms with van der Waals surface area (Å²) < 4.78 is 1.57. The van der Waals surface area contributed by atoms with E-state index in [0.29, 0.717) is 22.4 Å². The van der Waals surface area contributed by atoms with Crippen LogP contribution in [0, 0.1) is 24.0 Å². The molecule has 2 rings (SSSR count). The molecule has 110 valence electrons. The second-order valence-electron chi connectivity index (χ2n) is 4.40. The zero-order valence-corrected chi connectivity index (χ0v) is 15.1. The lowest BCUT2D eigenvalue weighted by atomic mass is 10.1. The lowest BCUT2D eigenvalue weighted by Crippen LogP contribution is -2.12. The van der Waals surface area contributed by atoms with Crippen molar-refractivity contribution in [2.45, 2.75) is 13.8 Å². The summed E-state index contributed by atoms with van der Waals surface area (Å²) >= 11 is 8.06. The number of nitro benzene ring substituents is 1. The van der Waals surface area contributed by atoms with Crippen LogP contribution in [0.25, 0.3) is 0 Å². The predicted octanol–water partition coefficient (Wildman–Crippen LogP) is 5.05. The van der Waals surface area contributed by atoms with Crippen molar-refractivity contribution in [3.63, 3.8) is 0 Å². The maximum absolute atomic E-state index is 12.2. The standard InChI is InChI=1S/C13H10Br2N2O3S/c1-6-4-10(17(19)20)7(2)3-9(6)16-13(18)8-5-11(14)21-12(8)15/h3-5H,1-2H3,(H,16,18). The third kappa shape index (κ3) is 3.50. The Kier molecular flexibility index (Phi) is 4.80. The molecule has 1 N–H and O–H groups in total. The van der Waals surface area contributed by atoms with Crippen molar-refractivity contribution in [1.29, 1.82) is 0 Å². The summed E-state index contributed by atoms with van der Waals surface area (Å²) in [7, 11) is 0. The monoisotopic (exact) mass is 432 g/mol. The molecule has 0 atom stereocenters. The van der Waals surface area contributed by atoms with Crippen LogP contribution in [0.2, 0.25) is 0 Å². The number of thiophene rings is 1. The van der Waals surface area contributed by atoms with Crippen LogP contribution < -0.4 is 5.32 Å². The molecule has 2 aromatic rings. The van der Waals surface area contributed by atoms with Crippen molar-refractivity contribution < 1.29 is 9.72 Å². The van der Waals surface area contributed by atoms with Gasteiger partial charge in [-0.15, -0.1) is 11.3 Å². The second-order valence-corrected chi connectivity index (χ2v) is 8.15. The van der Waals surface area contributed by atoms with Crippen LogP contribution in [0.4, 0.5) is 11.4 Å². The number of benzene rings is 1. The van der Waals surface area contributed by atoms with Crippen LogP contribution in [-0.2, 0) is 0 Å². The van der Waals surface area contributed by atoms with Gasteiger partial charge in [0.1, 0.15) is 0 Å². The summed E-state index contributed by atoms with van der Waals surface area (Å²) in [6.07, 6.45) is 0. The number of nitrogens with one attached hydrogen (secondary N) is 1. The maximum atomic E-state index is 12.2. The van der Waals surface area contributed by atoms with E-state index in [4.69, 9.17) is 0 Å². The van der Waals surface area contributed by atoms with E-state index in [0.717, 1.165) is 7.57 Å². The number of amides is 1. The number of anilines is 1. The third-order valence-electron chi connectivity index (χ3n) is 2.89. The Bertz CT molecular complexity index is 743. The molecule has 0 radical (unpaired) electrons. The first-order valence-electron chi connectivity index (χ1n) is 5.81. The minimum absolute atomic E-state index is 0.0463. The molecule has 1 heterocycles. The van der Waals surface area contributed by atoms with Gasteiger partial charge in [-0.1, -0.05) is 0 Å². The minimum Gasteiger partial charge on any atom is -0.322 e. The highest BCUT2D eigenvalue weighted by Gasteiger charge is 2.17. The number of carbonyl (C=O) groups is 1. The van der Waals surface area contributed by atoms with Crippen LogP contribution in [0.15, 0.2) is 25.8 Å². The van der Waals surface area contributed by atoms with Crippen molar-refractivity contribution in [3.8, 4) is 0 Å². The molecule has 1 amide bonds. The topological polar surface area (TPSA) is 72.2 Å². The van der Waals surface area contributed by atoms with E-state index in [9.17, 15) is 14.9 Å². The Morgan fingerprint density at radius 2 is 1.90 bits per heavy atom. The number of hydrogen-bond donors (Lipinski definition) is 1. The number of carbonyl (C=O) groups excluding carboxylic acids is 1. The lowest BCUT2D eigenvalue weighted by Gasteiger charge is -2.09. The highest BCUT2D eigenvalue weighted by molar-refractivity contribution is 9.12. The first-order chi connectivity index (χ1) is 9.79. The predicted molar refractivity (Wildman–Crippen MR) is 90.2 cm³/mol. The van der Waals surface area contributed by atoms with Gasteiger partial charge in [0.25, 0.3) is 11.6 Å². The number of halogens is 2. The molecule has 0 saturated carbocycles. The van der Waals surface area contributed by atoms with Gasteiger partial charge in [-0.3, -0.25) is 14.9 Å². The van der Waals surface area contributed by atoms with Gasteiger partial charge < -0.3 is 5.32 Å². The number of nitro groups is 1. The van der Waals surface area contributed by atoms with Gasteiger partial charge in [-0.25, -0.2) is 0 Å². The first-order valence-corrected chi connectivity index (χ1v) is 8.21. The van der Waals surface area contributed by atoms with Gasteiger partial charge in [0.2, 0.25) is 0 Å². The molecule has 0 bridgehead atoms. The largest absolute Gasteiger partial charge is 0.322 e. The molecule has 0 aliphatic carbocycles.